The van der Waals surface area contributed by atoms with Crippen LogP contribution in [0.25, 0.3) is 0 Å². The Hall–Kier alpha value is -0.850. The van der Waals surface area contributed by atoms with Crippen LogP contribution in [0.1, 0.15) is 0 Å². The van der Waals surface area contributed by atoms with Gasteiger partial charge in [-0.25, -0.2) is 4.18 Å². The van der Waals surface area contributed by atoms with Gasteiger partial charge in [-0.15, -0.1) is 4.89 Å². The molecule has 0 fully saturated rings. The third-order valence-electron chi connectivity index (χ3n) is 1.40. The van der Waals surface area contributed by atoms with E-state index in [4.69, 9.17) is 4.89 Å². The zero-order valence-corrected chi connectivity index (χ0v) is 9.15. The first-order chi connectivity index (χ1) is 7.02. The molecule has 0 heterocycles. The molecule has 0 aromatic heterocycles. The van der Waals surface area contributed by atoms with Gasteiger partial charge in [-0.3, -0.25) is 0 Å². The highest BCUT2D eigenvalue weighted by molar-refractivity contribution is 7.86. The molecular weight excluding hydrogens is 243 g/mol. The molecule has 0 radical (unpaired) electrons. The van der Waals surface area contributed by atoms with Crippen molar-refractivity contribution in [2.75, 3.05) is 6.79 Å². The lowest BCUT2D eigenvalue weighted by Gasteiger charge is -2.00. The van der Waals surface area contributed by atoms with Crippen LogP contribution in [0, 0.1) is 0 Å². The van der Waals surface area contributed by atoms with Gasteiger partial charge in [0, 0.05) is 4.57 Å². The van der Waals surface area contributed by atoms with Crippen molar-refractivity contribution >= 4 is 18.4 Å². The Morgan fingerprint density at radius 1 is 1.27 bits per heavy atom. The van der Waals surface area contributed by atoms with E-state index in [1.807, 2.05) is 0 Å². The predicted molar refractivity (Wildman–Crippen MR) is 50.5 cm³/mol. The second-order valence-electron chi connectivity index (χ2n) is 2.37. The molecule has 0 saturated heterocycles. The zero-order chi connectivity index (χ0) is 11.3. The Morgan fingerprint density at radius 3 is 2.40 bits per heavy atom. The first kappa shape index (κ1) is 12.2. The van der Waals surface area contributed by atoms with E-state index in [-0.39, 0.29) is 4.90 Å². The van der Waals surface area contributed by atoms with Crippen molar-refractivity contribution in [3.05, 3.63) is 30.3 Å². The van der Waals surface area contributed by atoms with Gasteiger partial charge >= 0.3 is 8.25 Å². The van der Waals surface area contributed by atoms with Gasteiger partial charge in [0.25, 0.3) is 10.1 Å². The quantitative estimate of drug-likeness (QED) is 0.477. The summed E-state index contributed by atoms with van der Waals surface area (Å²) in [6, 6.07) is 7.40. The summed E-state index contributed by atoms with van der Waals surface area (Å²) in [5.41, 5.74) is 0. The average Bonchev–Trinajstić information content (AvgIpc) is 2.18. The molecule has 1 N–H and O–H groups in total. The molecule has 6 nitrogen and oxygen atoms in total. The Bertz CT molecular complexity index is 428. The van der Waals surface area contributed by atoms with Crippen LogP contribution in [0.15, 0.2) is 35.2 Å². The van der Waals surface area contributed by atoms with E-state index in [1.54, 1.807) is 6.07 Å². The lowest BCUT2D eigenvalue weighted by atomic mass is 10.4. The summed E-state index contributed by atoms with van der Waals surface area (Å²) in [5, 5.41) is 0. The molecule has 1 unspecified atom stereocenters. The summed E-state index contributed by atoms with van der Waals surface area (Å²) in [7, 11) is -6.78. The summed E-state index contributed by atoms with van der Waals surface area (Å²) in [6.07, 6.45) is 0. The summed E-state index contributed by atoms with van der Waals surface area (Å²) in [4.78, 5) is 8.19. The highest BCUT2D eigenvalue weighted by atomic mass is 32.2. The van der Waals surface area contributed by atoms with Crippen molar-refractivity contribution in [1.82, 2.24) is 0 Å². The lowest BCUT2D eigenvalue weighted by molar-refractivity contribution is 0.121. The van der Waals surface area contributed by atoms with E-state index in [1.165, 1.54) is 24.3 Å². The minimum atomic E-state index is -3.92. The van der Waals surface area contributed by atoms with Gasteiger partial charge in [0.1, 0.15) is 0 Å². The smallest absolute Gasteiger partial charge is 0.232 e. The third kappa shape index (κ3) is 4.03. The van der Waals surface area contributed by atoms with Gasteiger partial charge in [-0.1, -0.05) is 22.7 Å². The fraction of sp³-hybridized carbons (Fsp3) is 0.143. The highest BCUT2D eigenvalue weighted by Crippen LogP contribution is 2.16. The SMILES string of the molecule is O=[P+](O)OCOS(=O)(=O)c1ccccc1. The molecule has 0 spiro atoms. The van der Waals surface area contributed by atoms with Crippen LogP contribution in [0.2, 0.25) is 0 Å². The van der Waals surface area contributed by atoms with E-state index in [2.05, 4.69) is 8.71 Å². The zero-order valence-electron chi connectivity index (χ0n) is 7.44. The van der Waals surface area contributed by atoms with Crippen molar-refractivity contribution in [3.63, 3.8) is 0 Å². The van der Waals surface area contributed by atoms with E-state index in [9.17, 15) is 13.0 Å². The second-order valence-corrected chi connectivity index (χ2v) is 4.72. The molecule has 0 aliphatic rings. The summed E-state index contributed by atoms with van der Waals surface area (Å²) >= 11 is 0. The van der Waals surface area contributed by atoms with Crippen LogP contribution >= 0.6 is 8.25 Å². The Kier molecular flexibility index (Phi) is 4.31. The van der Waals surface area contributed by atoms with Gasteiger partial charge in [0.15, 0.2) is 0 Å². The number of hydrogen-bond acceptors (Lipinski definition) is 5. The number of benzene rings is 1. The van der Waals surface area contributed by atoms with E-state index >= 15 is 0 Å². The monoisotopic (exact) mass is 251 g/mol. The van der Waals surface area contributed by atoms with Crippen LogP contribution in [-0.4, -0.2) is 20.1 Å². The van der Waals surface area contributed by atoms with E-state index < -0.39 is 25.2 Å². The normalized spacial score (nSPS) is 12.5. The molecule has 0 amide bonds. The minimum Gasteiger partial charge on any atom is -0.232 e. The molecule has 82 valence electrons. The predicted octanol–water partition coefficient (Wildman–Crippen LogP) is 1.02. The Balaban J connectivity index is 2.65. The minimum absolute atomic E-state index is 0.0400. The second kappa shape index (κ2) is 5.29. The van der Waals surface area contributed by atoms with Gasteiger partial charge in [0.05, 0.1) is 4.90 Å². The fourth-order valence-electron chi connectivity index (χ4n) is 0.785. The van der Waals surface area contributed by atoms with Crippen molar-refractivity contribution in [3.8, 4) is 0 Å². The standard InChI is InChI=1S/C7H7O6PS/c8-14(9)12-6-13-15(10,11)7-4-2-1-3-5-7/h1-5H,6H2/p+1. The molecule has 0 aliphatic carbocycles. The average molecular weight is 251 g/mol. The first-order valence-corrected chi connectivity index (χ1v) is 6.30. The molecule has 0 bridgehead atoms. The molecule has 8 heteroatoms. The van der Waals surface area contributed by atoms with Crippen LogP contribution in [0.3, 0.4) is 0 Å². The molecule has 0 aliphatic heterocycles. The molecule has 1 rings (SSSR count). The molecule has 1 aromatic rings. The van der Waals surface area contributed by atoms with Gasteiger partial charge in [0.2, 0.25) is 6.79 Å². The lowest BCUT2D eigenvalue weighted by Crippen LogP contribution is -2.07. The van der Waals surface area contributed by atoms with Gasteiger partial charge < -0.3 is 0 Å². The van der Waals surface area contributed by atoms with Crippen molar-refractivity contribution in [2.24, 2.45) is 0 Å². The topological polar surface area (TPSA) is 89.9 Å². The summed E-state index contributed by atoms with van der Waals surface area (Å²) in [5.74, 6) is 0. The van der Waals surface area contributed by atoms with Crippen LogP contribution < -0.4 is 0 Å². The Morgan fingerprint density at radius 2 is 1.87 bits per heavy atom. The van der Waals surface area contributed by atoms with Crippen molar-refractivity contribution in [2.45, 2.75) is 4.90 Å². The van der Waals surface area contributed by atoms with Crippen LogP contribution in [0.4, 0.5) is 0 Å². The third-order valence-corrected chi connectivity index (χ3v) is 2.98. The van der Waals surface area contributed by atoms with Gasteiger partial charge in [-0.05, 0) is 12.1 Å². The maximum atomic E-state index is 11.3. The van der Waals surface area contributed by atoms with Crippen LogP contribution in [0.5, 0.6) is 0 Å². The fourth-order valence-corrected chi connectivity index (χ4v) is 1.80. The van der Waals surface area contributed by atoms with E-state index in [0.29, 0.717) is 0 Å². The molecule has 1 aromatic carbocycles. The van der Waals surface area contributed by atoms with Crippen molar-refractivity contribution in [1.29, 1.82) is 0 Å². The Labute approximate surface area is 87.5 Å². The highest BCUT2D eigenvalue weighted by Gasteiger charge is 2.18. The van der Waals surface area contributed by atoms with E-state index in [0.717, 1.165) is 0 Å². The maximum Gasteiger partial charge on any atom is 0.697 e. The van der Waals surface area contributed by atoms with Gasteiger partial charge in [-0.2, -0.15) is 8.42 Å². The molecule has 15 heavy (non-hydrogen) atoms. The van der Waals surface area contributed by atoms with Crippen molar-refractivity contribution < 1.29 is 26.6 Å². The number of hydrogen-bond donors (Lipinski definition) is 1. The molecule has 1 atom stereocenters. The summed E-state index contributed by atoms with van der Waals surface area (Å²) in [6.45, 7) is -0.789. The largest absolute Gasteiger partial charge is 0.697 e. The molecular formula is C7H8O6PS+. The summed E-state index contributed by atoms with van der Waals surface area (Å²) < 4.78 is 41.1. The maximum absolute atomic E-state index is 11.3. The first-order valence-electron chi connectivity index (χ1n) is 3.76. The van der Waals surface area contributed by atoms with Crippen LogP contribution in [-0.2, 0) is 23.4 Å². The molecule has 0 saturated carbocycles. The number of rotatable bonds is 5.